The molecule has 0 saturated carbocycles. The molecule has 2 rings (SSSR count). The predicted octanol–water partition coefficient (Wildman–Crippen LogP) is 5.67. The van der Waals surface area contributed by atoms with E-state index in [1.54, 1.807) is 0 Å². The summed E-state index contributed by atoms with van der Waals surface area (Å²) >= 11 is 0. The number of hydrogen-bond donors (Lipinski definition) is 1. The zero-order valence-corrected chi connectivity index (χ0v) is 12.8. The number of nitrogens with one attached hydrogen (secondary N) is 1. The van der Waals surface area contributed by atoms with Crippen LogP contribution in [0.1, 0.15) is 21.5 Å². The van der Waals surface area contributed by atoms with E-state index in [0.29, 0.717) is 12.1 Å². The topological polar surface area (TPSA) is 29.1 Å². The van der Waals surface area contributed by atoms with Crippen molar-refractivity contribution in [1.29, 1.82) is 0 Å². The van der Waals surface area contributed by atoms with Crippen LogP contribution in [0.15, 0.2) is 54.7 Å². The Bertz CT molecular complexity index is 788. The monoisotopic (exact) mass is 377 g/mol. The summed E-state index contributed by atoms with van der Waals surface area (Å²) in [5.41, 5.74) is -3.35. The number of alkyl halides is 6. The van der Waals surface area contributed by atoms with E-state index in [0.717, 1.165) is 24.4 Å². The fourth-order valence-electron chi connectivity index (χ4n) is 1.96. The highest BCUT2D eigenvalue weighted by Gasteiger charge is 2.36. The van der Waals surface area contributed by atoms with Crippen LogP contribution in [-0.4, -0.2) is 5.78 Å². The smallest absolute Gasteiger partial charge is 0.362 e. The third kappa shape index (κ3) is 5.08. The third-order valence-corrected chi connectivity index (χ3v) is 3.20. The van der Waals surface area contributed by atoms with Crippen molar-refractivity contribution in [1.82, 2.24) is 0 Å². The summed E-state index contributed by atoms with van der Waals surface area (Å²) in [6, 6.07) is 5.43. The van der Waals surface area contributed by atoms with Crippen LogP contribution in [0.5, 0.6) is 0 Å². The molecule has 0 spiro atoms. The van der Waals surface area contributed by atoms with E-state index in [4.69, 9.17) is 0 Å². The van der Waals surface area contributed by atoms with Gasteiger partial charge in [0.1, 0.15) is 5.82 Å². The molecule has 1 N–H and O–H groups in total. The summed E-state index contributed by atoms with van der Waals surface area (Å²) in [5.74, 6) is -1.17. The van der Waals surface area contributed by atoms with Crippen LogP contribution >= 0.6 is 0 Å². The van der Waals surface area contributed by atoms with Crippen molar-refractivity contribution >= 4 is 11.5 Å². The normalized spacial score (nSPS) is 12.4. The predicted molar refractivity (Wildman–Crippen MR) is 79.9 cm³/mol. The van der Waals surface area contributed by atoms with Gasteiger partial charge >= 0.3 is 12.4 Å². The Labute approximate surface area is 142 Å². The molecule has 0 atom stereocenters. The lowest BCUT2D eigenvalue weighted by Gasteiger charge is -2.14. The summed E-state index contributed by atoms with van der Waals surface area (Å²) in [4.78, 5) is 11.8. The number of ketones is 1. The second kappa shape index (κ2) is 7.19. The Morgan fingerprint density at radius 1 is 0.846 bits per heavy atom. The molecule has 0 saturated heterocycles. The van der Waals surface area contributed by atoms with Gasteiger partial charge in [0.2, 0.25) is 0 Å². The number of rotatable bonds is 4. The van der Waals surface area contributed by atoms with Crippen molar-refractivity contribution in [2.75, 3.05) is 5.32 Å². The average Bonchev–Trinajstić information content (AvgIpc) is 2.53. The van der Waals surface area contributed by atoms with Crippen LogP contribution < -0.4 is 5.32 Å². The van der Waals surface area contributed by atoms with Crippen LogP contribution in [0.25, 0.3) is 0 Å². The minimum atomic E-state index is -4.97. The Kier molecular flexibility index (Phi) is 5.38. The molecule has 0 amide bonds. The van der Waals surface area contributed by atoms with Crippen molar-refractivity contribution in [3.63, 3.8) is 0 Å². The summed E-state index contributed by atoms with van der Waals surface area (Å²) in [7, 11) is 0. The van der Waals surface area contributed by atoms with Gasteiger partial charge < -0.3 is 5.32 Å². The highest BCUT2D eigenvalue weighted by molar-refractivity contribution is 6.04. The second-order valence-electron chi connectivity index (χ2n) is 5.14. The Morgan fingerprint density at radius 2 is 1.35 bits per heavy atom. The fraction of sp³-hybridized carbons (Fsp3) is 0.118. The van der Waals surface area contributed by atoms with E-state index in [9.17, 15) is 35.5 Å². The molecule has 138 valence electrons. The van der Waals surface area contributed by atoms with Crippen molar-refractivity contribution in [2.24, 2.45) is 0 Å². The van der Waals surface area contributed by atoms with Crippen LogP contribution in [0.4, 0.5) is 36.4 Å². The van der Waals surface area contributed by atoms with Gasteiger partial charge in [-0.25, -0.2) is 4.39 Å². The quantitative estimate of drug-likeness (QED) is 0.423. The molecule has 0 aliphatic heterocycles. The molecule has 0 aliphatic carbocycles. The van der Waals surface area contributed by atoms with Gasteiger partial charge in [-0.2, -0.15) is 26.3 Å². The van der Waals surface area contributed by atoms with Gasteiger partial charge in [-0.15, -0.1) is 0 Å². The first-order chi connectivity index (χ1) is 12.0. The lowest BCUT2D eigenvalue weighted by atomic mass is 10.1. The van der Waals surface area contributed by atoms with Crippen molar-refractivity contribution in [2.45, 2.75) is 12.4 Å². The standard InChI is InChI=1S/C17H10F7NO/c18-13-3-1-10(2-4-13)15(26)5-6-25-14-8-11(16(19,20)21)7-12(9-14)17(22,23)24/h1-9,25H/b6-5-. The molecule has 2 nitrogen and oxygen atoms in total. The molecule has 0 bridgehead atoms. The minimum Gasteiger partial charge on any atom is -0.362 e. The molecule has 2 aromatic rings. The van der Waals surface area contributed by atoms with E-state index in [-0.39, 0.29) is 11.6 Å². The molecular weight excluding hydrogens is 367 g/mol. The Hall–Kier alpha value is -2.84. The molecule has 0 aliphatic rings. The minimum absolute atomic E-state index is 0.00143. The first-order valence-corrected chi connectivity index (χ1v) is 6.99. The van der Waals surface area contributed by atoms with Crippen LogP contribution in [0.3, 0.4) is 0 Å². The van der Waals surface area contributed by atoms with Crippen molar-refractivity contribution in [3.8, 4) is 0 Å². The second-order valence-corrected chi connectivity index (χ2v) is 5.14. The molecule has 9 heteroatoms. The van der Waals surface area contributed by atoms with E-state index in [1.807, 2.05) is 0 Å². The number of halogens is 7. The van der Waals surface area contributed by atoms with Gasteiger partial charge in [0.15, 0.2) is 5.78 Å². The van der Waals surface area contributed by atoms with Gasteiger partial charge in [-0.3, -0.25) is 4.79 Å². The molecule has 0 heterocycles. The summed E-state index contributed by atoms with van der Waals surface area (Å²) in [5, 5.41) is 2.21. The van der Waals surface area contributed by atoms with Crippen LogP contribution in [-0.2, 0) is 12.4 Å². The van der Waals surface area contributed by atoms with Gasteiger partial charge in [0, 0.05) is 23.5 Å². The summed E-state index contributed by atoms with van der Waals surface area (Å²) in [6.07, 6.45) is -8.13. The SMILES string of the molecule is O=C(/C=C\Nc1cc(C(F)(F)F)cc(C(F)(F)F)c1)c1ccc(F)cc1. The van der Waals surface area contributed by atoms with Crippen LogP contribution in [0.2, 0.25) is 0 Å². The van der Waals surface area contributed by atoms with Gasteiger partial charge in [-0.1, -0.05) is 0 Å². The molecule has 0 radical (unpaired) electrons. The first kappa shape index (κ1) is 19.5. The Morgan fingerprint density at radius 3 is 1.81 bits per heavy atom. The fourth-order valence-corrected chi connectivity index (χ4v) is 1.96. The molecule has 2 aromatic carbocycles. The van der Waals surface area contributed by atoms with E-state index < -0.39 is 40.8 Å². The molecule has 26 heavy (non-hydrogen) atoms. The molecule has 0 fully saturated rings. The number of allylic oxidation sites excluding steroid dienone is 1. The van der Waals surface area contributed by atoms with E-state index >= 15 is 0 Å². The lowest BCUT2D eigenvalue weighted by molar-refractivity contribution is -0.143. The van der Waals surface area contributed by atoms with E-state index in [1.165, 1.54) is 12.1 Å². The average molecular weight is 377 g/mol. The first-order valence-electron chi connectivity index (χ1n) is 6.99. The molecule has 0 unspecified atom stereocenters. The summed E-state index contributed by atoms with van der Waals surface area (Å²) in [6.45, 7) is 0. The third-order valence-electron chi connectivity index (χ3n) is 3.20. The molecule has 0 aromatic heterocycles. The maximum Gasteiger partial charge on any atom is 0.416 e. The number of hydrogen-bond acceptors (Lipinski definition) is 2. The summed E-state index contributed by atoms with van der Waals surface area (Å²) < 4.78 is 89.2. The van der Waals surface area contributed by atoms with Crippen molar-refractivity contribution < 1.29 is 35.5 Å². The van der Waals surface area contributed by atoms with E-state index in [2.05, 4.69) is 5.32 Å². The van der Waals surface area contributed by atoms with Crippen LogP contribution in [0, 0.1) is 5.82 Å². The maximum atomic E-state index is 12.8. The number of carbonyl (C=O) groups excluding carboxylic acids is 1. The zero-order chi connectivity index (χ0) is 19.5. The van der Waals surface area contributed by atoms with Gasteiger partial charge in [-0.05, 0) is 42.5 Å². The zero-order valence-electron chi connectivity index (χ0n) is 12.8. The Balaban J connectivity index is 2.23. The lowest BCUT2D eigenvalue weighted by Crippen LogP contribution is -2.11. The van der Waals surface area contributed by atoms with Crippen molar-refractivity contribution in [3.05, 3.63) is 77.2 Å². The largest absolute Gasteiger partial charge is 0.416 e. The number of anilines is 1. The maximum absolute atomic E-state index is 12.8. The highest BCUT2D eigenvalue weighted by atomic mass is 19.4. The number of carbonyl (C=O) groups is 1. The van der Waals surface area contributed by atoms with Gasteiger partial charge in [0.05, 0.1) is 11.1 Å². The highest BCUT2D eigenvalue weighted by Crippen LogP contribution is 2.37. The molecular formula is C17H10F7NO. The van der Waals surface area contributed by atoms with Gasteiger partial charge in [0.25, 0.3) is 0 Å². The number of benzene rings is 2.